The SMILES string of the molecule is O=C(NCc1cccs1)[C@@H]1CN(C(=O)CS)CCN1c1ccc(Cl)c(Cl)c1. The minimum Gasteiger partial charge on any atom is -0.356 e. The van der Waals surface area contributed by atoms with Crippen molar-refractivity contribution in [3.05, 3.63) is 50.6 Å². The highest BCUT2D eigenvalue weighted by molar-refractivity contribution is 7.81. The van der Waals surface area contributed by atoms with Crippen LogP contribution in [0.25, 0.3) is 0 Å². The first-order chi connectivity index (χ1) is 13.0. The van der Waals surface area contributed by atoms with Crippen molar-refractivity contribution in [1.82, 2.24) is 10.2 Å². The molecule has 0 radical (unpaired) electrons. The van der Waals surface area contributed by atoms with Gasteiger partial charge in [-0.25, -0.2) is 0 Å². The van der Waals surface area contributed by atoms with E-state index in [2.05, 4.69) is 17.9 Å². The van der Waals surface area contributed by atoms with Gasteiger partial charge in [0.15, 0.2) is 0 Å². The van der Waals surface area contributed by atoms with E-state index in [1.54, 1.807) is 28.4 Å². The van der Waals surface area contributed by atoms with Crippen LogP contribution in [0.3, 0.4) is 0 Å². The lowest BCUT2D eigenvalue weighted by Crippen LogP contribution is -2.60. The first-order valence-corrected chi connectivity index (χ1v) is 10.7. The number of carbonyl (C=O) groups excluding carboxylic acids is 2. The maximum Gasteiger partial charge on any atom is 0.244 e. The number of amides is 2. The summed E-state index contributed by atoms with van der Waals surface area (Å²) in [5, 5.41) is 5.83. The van der Waals surface area contributed by atoms with Crippen LogP contribution in [0.4, 0.5) is 5.69 Å². The molecule has 2 heterocycles. The molecule has 0 bridgehead atoms. The van der Waals surface area contributed by atoms with Crippen molar-refractivity contribution in [1.29, 1.82) is 0 Å². The molecule has 2 aromatic rings. The molecule has 1 saturated heterocycles. The lowest BCUT2D eigenvalue weighted by Gasteiger charge is -2.41. The molecule has 5 nitrogen and oxygen atoms in total. The zero-order valence-corrected chi connectivity index (χ0v) is 17.6. The molecule has 1 aromatic carbocycles. The maximum atomic E-state index is 12.9. The van der Waals surface area contributed by atoms with Crippen LogP contribution in [0.15, 0.2) is 35.7 Å². The zero-order valence-electron chi connectivity index (χ0n) is 14.4. The highest BCUT2D eigenvalue weighted by Gasteiger charge is 2.34. The molecule has 1 fully saturated rings. The van der Waals surface area contributed by atoms with Gasteiger partial charge < -0.3 is 15.1 Å². The second kappa shape index (κ2) is 9.19. The van der Waals surface area contributed by atoms with E-state index in [1.165, 1.54) is 0 Å². The van der Waals surface area contributed by atoms with E-state index in [9.17, 15) is 9.59 Å². The van der Waals surface area contributed by atoms with Gasteiger partial charge in [0.1, 0.15) is 6.04 Å². The molecule has 0 unspecified atom stereocenters. The third-order valence-corrected chi connectivity index (χ3v) is 6.31. The second-order valence-corrected chi connectivity index (χ2v) is 8.27. The van der Waals surface area contributed by atoms with Crippen molar-refractivity contribution in [3.63, 3.8) is 0 Å². The summed E-state index contributed by atoms with van der Waals surface area (Å²) in [6.45, 7) is 1.81. The van der Waals surface area contributed by atoms with E-state index in [1.807, 2.05) is 28.5 Å². The Morgan fingerprint density at radius 1 is 1.22 bits per heavy atom. The number of hydrogen-bond donors (Lipinski definition) is 2. The number of thiophene rings is 1. The largest absolute Gasteiger partial charge is 0.356 e. The Bertz CT molecular complexity index is 817. The molecular formula is C18H19Cl2N3O2S2. The van der Waals surface area contributed by atoms with E-state index < -0.39 is 6.04 Å². The number of nitrogens with zero attached hydrogens (tertiary/aromatic N) is 2. The number of anilines is 1. The van der Waals surface area contributed by atoms with Crippen molar-refractivity contribution >= 4 is 64.7 Å². The Balaban J connectivity index is 1.80. The van der Waals surface area contributed by atoms with Gasteiger partial charge in [-0.2, -0.15) is 12.6 Å². The van der Waals surface area contributed by atoms with Crippen molar-refractivity contribution < 1.29 is 9.59 Å². The summed E-state index contributed by atoms with van der Waals surface area (Å²) < 4.78 is 0. The van der Waals surface area contributed by atoms with E-state index in [4.69, 9.17) is 23.2 Å². The first-order valence-electron chi connectivity index (χ1n) is 8.40. The maximum absolute atomic E-state index is 12.9. The summed E-state index contributed by atoms with van der Waals surface area (Å²) in [7, 11) is 0. The summed E-state index contributed by atoms with van der Waals surface area (Å²) in [6.07, 6.45) is 0. The lowest BCUT2D eigenvalue weighted by molar-refractivity contribution is -0.131. The molecular weight excluding hydrogens is 425 g/mol. The smallest absolute Gasteiger partial charge is 0.244 e. The Hall–Kier alpha value is -1.41. The molecule has 2 amide bonds. The molecule has 1 aliphatic heterocycles. The second-order valence-electron chi connectivity index (χ2n) is 6.10. The number of nitrogens with one attached hydrogen (secondary N) is 1. The highest BCUT2D eigenvalue weighted by atomic mass is 35.5. The summed E-state index contributed by atoms with van der Waals surface area (Å²) >= 11 is 17.8. The molecule has 1 aliphatic rings. The van der Waals surface area contributed by atoms with Crippen LogP contribution in [0, 0.1) is 0 Å². The predicted molar refractivity (Wildman–Crippen MR) is 114 cm³/mol. The van der Waals surface area contributed by atoms with Gasteiger partial charge >= 0.3 is 0 Å². The van der Waals surface area contributed by atoms with Crippen LogP contribution in [0.2, 0.25) is 10.0 Å². The minimum absolute atomic E-state index is 0.0804. The third-order valence-electron chi connectivity index (χ3n) is 4.42. The molecule has 1 atom stereocenters. The van der Waals surface area contributed by atoms with E-state index in [-0.39, 0.29) is 17.6 Å². The number of hydrogen-bond acceptors (Lipinski definition) is 5. The van der Waals surface area contributed by atoms with E-state index in [0.29, 0.717) is 36.2 Å². The molecule has 1 N–H and O–H groups in total. The predicted octanol–water partition coefficient (Wildman–Crippen LogP) is 3.32. The lowest BCUT2D eigenvalue weighted by atomic mass is 10.1. The van der Waals surface area contributed by atoms with Gasteiger partial charge in [-0.1, -0.05) is 29.3 Å². The summed E-state index contributed by atoms with van der Waals surface area (Å²) in [4.78, 5) is 29.7. The van der Waals surface area contributed by atoms with Crippen LogP contribution in [0.5, 0.6) is 0 Å². The topological polar surface area (TPSA) is 52.7 Å². The van der Waals surface area contributed by atoms with Crippen LogP contribution < -0.4 is 10.2 Å². The molecule has 9 heteroatoms. The number of benzene rings is 1. The van der Waals surface area contributed by atoms with Gasteiger partial charge in [0.2, 0.25) is 11.8 Å². The third kappa shape index (κ3) is 4.90. The van der Waals surface area contributed by atoms with Crippen LogP contribution in [-0.4, -0.2) is 48.1 Å². The van der Waals surface area contributed by atoms with Crippen molar-refractivity contribution in [2.75, 3.05) is 30.3 Å². The quantitative estimate of drug-likeness (QED) is 0.696. The number of halogens is 2. The Kier molecular flexibility index (Phi) is 6.92. The minimum atomic E-state index is -0.514. The van der Waals surface area contributed by atoms with Gasteiger partial charge in [-0.15, -0.1) is 11.3 Å². The van der Waals surface area contributed by atoms with Crippen molar-refractivity contribution in [2.45, 2.75) is 12.6 Å². The average molecular weight is 444 g/mol. The number of piperazine rings is 1. The summed E-state index contributed by atoms with van der Waals surface area (Å²) in [6, 6.07) is 8.70. The van der Waals surface area contributed by atoms with E-state index in [0.717, 1.165) is 10.6 Å². The number of carbonyl (C=O) groups is 2. The Labute approximate surface area is 177 Å². The van der Waals surface area contributed by atoms with Gasteiger partial charge in [-0.3, -0.25) is 9.59 Å². The van der Waals surface area contributed by atoms with Gasteiger partial charge in [-0.05, 0) is 29.6 Å². The van der Waals surface area contributed by atoms with Gasteiger partial charge in [0.05, 0.1) is 28.9 Å². The summed E-state index contributed by atoms with van der Waals surface area (Å²) in [5.41, 5.74) is 0.804. The van der Waals surface area contributed by atoms with Crippen molar-refractivity contribution in [2.24, 2.45) is 0 Å². The molecule has 27 heavy (non-hydrogen) atoms. The highest BCUT2D eigenvalue weighted by Crippen LogP contribution is 2.29. The number of rotatable bonds is 5. The monoisotopic (exact) mass is 443 g/mol. The normalized spacial score (nSPS) is 17.1. The fourth-order valence-electron chi connectivity index (χ4n) is 3.01. The van der Waals surface area contributed by atoms with Crippen LogP contribution in [0.1, 0.15) is 4.88 Å². The molecule has 0 saturated carbocycles. The Morgan fingerprint density at radius 2 is 2.04 bits per heavy atom. The standard InChI is InChI=1S/C18H19Cl2N3O2S2/c19-14-4-3-12(8-15(14)20)23-6-5-22(17(24)11-26)10-16(23)18(25)21-9-13-2-1-7-27-13/h1-4,7-8,16,26H,5-6,9-11H2,(H,21,25)/t16-/m0/s1. The van der Waals surface area contributed by atoms with Gasteiger partial charge in [0, 0.05) is 23.7 Å². The van der Waals surface area contributed by atoms with E-state index >= 15 is 0 Å². The molecule has 144 valence electrons. The Morgan fingerprint density at radius 3 is 2.70 bits per heavy atom. The molecule has 1 aromatic heterocycles. The van der Waals surface area contributed by atoms with Gasteiger partial charge in [0.25, 0.3) is 0 Å². The molecule has 3 rings (SSSR count). The fraction of sp³-hybridized carbons (Fsp3) is 0.333. The first kappa shape index (κ1) is 20.3. The average Bonchev–Trinajstić information content (AvgIpc) is 3.21. The zero-order chi connectivity index (χ0) is 19.4. The number of thiol groups is 1. The van der Waals surface area contributed by atoms with Crippen LogP contribution >= 0.6 is 47.2 Å². The fourth-order valence-corrected chi connectivity index (χ4v) is 4.15. The van der Waals surface area contributed by atoms with Crippen molar-refractivity contribution in [3.8, 4) is 0 Å². The van der Waals surface area contributed by atoms with Crippen LogP contribution in [-0.2, 0) is 16.1 Å². The molecule has 0 aliphatic carbocycles. The summed E-state index contributed by atoms with van der Waals surface area (Å²) in [5.74, 6) is -0.0923. The molecule has 0 spiro atoms.